The molecule has 8 heteroatoms. The number of benzene rings is 1. The van der Waals surface area contributed by atoms with Crippen LogP contribution in [0.3, 0.4) is 0 Å². The predicted octanol–water partition coefficient (Wildman–Crippen LogP) is 4.63. The Morgan fingerprint density at radius 2 is 1.96 bits per heavy atom. The minimum absolute atomic E-state index is 0.0709. The Hall–Kier alpha value is -1.24. The highest BCUT2D eigenvalue weighted by molar-refractivity contribution is 7.99. The normalized spacial score (nSPS) is 21.3. The fourth-order valence-electron chi connectivity index (χ4n) is 2.88. The molecule has 0 bridgehead atoms. The molecule has 1 aliphatic carbocycles. The third-order valence-corrected chi connectivity index (χ3v) is 6.15. The maximum absolute atomic E-state index is 11.1. The Kier molecular flexibility index (Phi) is 5.14. The second-order valence-electron chi connectivity index (χ2n) is 5.56. The summed E-state index contributed by atoms with van der Waals surface area (Å²) in [6, 6.07) is 5.82. The number of halogens is 2. The molecule has 1 fully saturated rings. The van der Waals surface area contributed by atoms with Crippen LogP contribution in [0.15, 0.2) is 23.2 Å². The van der Waals surface area contributed by atoms with Gasteiger partial charge in [0.2, 0.25) is 0 Å². The minimum atomic E-state index is -1.03. The number of thioether (sulfide) groups is 1. The zero-order chi connectivity index (χ0) is 16.4. The maximum atomic E-state index is 11.1. The minimum Gasteiger partial charge on any atom is -0.476 e. The number of nitrogens with zero attached hydrogens (tertiary/aromatic N) is 2. The zero-order valence-corrected chi connectivity index (χ0v) is 14.5. The molecule has 1 aromatic carbocycles. The van der Waals surface area contributed by atoms with Gasteiger partial charge in [0.15, 0.2) is 10.7 Å². The molecule has 122 valence electrons. The van der Waals surface area contributed by atoms with E-state index >= 15 is 0 Å². The number of rotatable bonds is 4. The van der Waals surface area contributed by atoms with Crippen LogP contribution in [0.4, 0.5) is 0 Å². The van der Waals surface area contributed by atoms with E-state index in [0.29, 0.717) is 26.2 Å². The summed E-state index contributed by atoms with van der Waals surface area (Å²) in [4.78, 5) is 11.1. The summed E-state index contributed by atoms with van der Waals surface area (Å²) in [6.07, 6.45) is 4.08. The highest BCUT2D eigenvalue weighted by Crippen LogP contribution is 2.41. The zero-order valence-electron chi connectivity index (χ0n) is 12.1. The van der Waals surface area contributed by atoms with E-state index in [2.05, 4.69) is 15.4 Å². The van der Waals surface area contributed by atoms with Crippen molar-refractivity contribution in [2.24, 2.45) is 0 Å². The lowest BCUT2D eigenvalue weighted by molar-refractivity contribution is 0.0686. The van der Waals surface area contributed by atoms with Crippen molar-refractivity contribution in [2.45, 2.75) is 41.9 Å². The summed E-state index contributed by atoms with van der Waals surface area (Å²) < 4.78 is 0. The number of hydrogen-bond donors (Lipinski definition) is 2. The highest BCUT2D eigenvalue weighted by atomic mass is 35.5. The first-order valence-electron chi connectivity index (χ1n) is 7.30. The average molecular weight is 372 g/mol. The first-order chi connectivity index (χ1) is 11.0. The smallest absolute Gasteiger partial charge is 0.356 e. The van der Waals surface area contributed by atoms with Crippen LogP contribution in [0.25, 0.3) is 0 Å². The Labute approximate surface area is 147 Å². The lowest BCUT2D eigenvalue weighted by atomic mass is 9.84. The summed E-state index contributed by atoms with van der Waals surface area (Å²) in [6.45, 7) is 0. The molecule has 1 heterocycles. The molecule has 1 saturated carbocycles. The standard InChI is InChI=1S/C15H15Cl2N3O2S/c16-11-6-3-9(7-12(11)17)8-1-4-10(5-2-8)23-14-13(15(21)22)18-20-19-14/h3,6-8,10H,1-2,4-5H2,(H,21,22)(H,18,19,20)/t8-,10+. The Morgan fingerprint density at radius 1 is 1.22 bits per heavy atom. The summed E-state index contributed by atoms with van der Waals surface area (Å²) >= 11 is 13.6. The quantitative estimate of drug-likeness (QED) is 0.818. The predicted molar refractivity (Wildman–Crippen MR) is 90.7 cm³/mol. The molecule has 0 spiro atoms. The van der Waals surface area contributed by atoms with E-state index in [1.165, 1.54) is 17.3 Å². The van der Waals surface area contributed by atoms with Gasteiger partial charge >= 0.3 is 5.97 Å². The maximum Gasteiger partial charge on any atom is 0.356 e. The monoisotopic (exact) mass is 371 g/mol. The molecule has 2 aromatic rings. The van der Waals surface area contributed by atoms with Gasteiger partial charge in [-0.1, -0.05) is 46.2 Å². The van der Waals surface area contributed by atoms with Crippen LogP contribution in [-0.4, -0.2) is 31.7 Å². The second-order valence-corrected chi connectivity index (χ2v) is 7.67. The largest absolute Gasteiger partial charge is 0.476 e. The lowest BCUT2D eigenvalue weighted by Gasteiger charge is -2.28. The first kappa shape index (κ1) is 16.6. The lowest BCUT2D eigenvalue weighted by Crippen LogP contribution is -2.15. The second kappa shape index (κ2) is 7.11. The number of aromatic carboxylic acids is 1. The van der Waals surface area contributed by atoms with Gasteiger partial charge in [-0.25, -0.2) is 4.79 Å². The molecule has 0 atom stereocenters. The number of carboxylic acids is 1. The van der Waals surface area contributed by atoms with Crippen LogP contribution in [0.5, 0.6) is 0 Å². The van der Waals surface area contributed by atoms with Gasteiger partial charge in [0.25, 0.3) is 0 Å². The Morgan fingerprint density at radius 3 is 2.61 bits per heavy atom. The molecule has 1 aromatic heterocycles. The van der Waals surface area contributed by atoms with Gasteiger partial charge in [0.05, 0.1) is 10.0 Å². The third kappa shape index (κ3) is 3.82. The number of nitrogens with one attached hydrogen (secondary N) is 1. The molecule has 0 saturated heterocycles. The van der Waals surface area contributed by atoms with Crippen LogP contribution < -0.4 is 0 Å². The van der Waals surface area contributed by atoms with Gasteiger partial charge in [0, 0.05) is 5.25 Å². The molecular weight excluding hydrogens is 357 g/mol. The molecule has 1 aliphatic rings. The van der Waals surface area contributed by atoms with Gasteiger partial charge in [-0.3, -0.25) is 5.10 Å². The van der Waals surface area contributed by atoms with Gasteiger partial charge in [-0.05, 0) is 49.3 Å². The topological polar surface area (TPSA) is 78.9 Å². The molecule has 0 unspecified atom stereocenters. The Bertz CT molecular complexity index is 714. The van der Waals surface area contributed by atoms with E-state index in [1.807, 2.05) is 18.2 Å². The molecule has 3 rings (SSSR count). The van der Waals surface area contributed by atoms with E-state index in [1.54, 1.807) is 0 Å². The van der Waals surface area contributed by atoms with Crippen LogP contribution in [0.2, 0.25) is 10.0 Å². The van der Waals surface area contributed by atoms with Crippen LogP contribution >= 0.6 is 35.0 Å². The van der Waals surface area contributed by atoms with Crippen molar-refractivity contribution in [1.82, 2.24) is 15.4 Å². The molecule has 0 amide bonds. The average Bonchev–Trinajstić information content (AvgIpc) is 2.99. The van der Waals surface area contributed by atoms with Gasteiger partial charge < -0.3 is 5.11 Å². The molecule has 23 heavy (non-hydrogen) atoms. The van der Waals surface area contributed by atoms with Crippen molar-refractivity contribution in [1.29, 1.82) is 0 Å². The van der Waals surface area contributed by atoms with Crippen molar-refractivity contribution < 1.29 is 9.90 Å². The number of carbonyl (C=O) groups is 1. The van der Waals surface area contributed by atoms with Crippen molar-refractivity contribution in [2.75, 3.05) is 0 Å². The molecular formula is C15H15Cl2N3O2S. The van der Waals surface area contributed by atoms with Crippen LogP contribution in [0, 0.1) is 0 Å². The summed E-state index contributed by atoms with van der Waals surface area (Å²) in [7, 11) is 0. The van der Waals surface area contributed by atoms with Gasteiger partial charge in [-0.2, -0.15) is 0 Å². The van der Waals surface area contributed by atoms with E-state index in [4.69, 9.17) is 28.3 Å². The number of carboxylic acid groups (broad SMARTS) is 1. The number of hydrogen-bond acceptors (Lipinski definition) is 4. The molecule has 2 N–H and O–H groups in total. The number of aromatic nitrogens is 3. The highest BCUT2D eigenvalue weighted by Gasteiger charge is 2.26. The summed E-state index contributed by atoms with van der Waals surface area (Å²) in [5.74, 6) is -0.556. The van der Waals surface area contributed by atoms with Gasteiger partial charge in [-0.15, -0.1) is 5.10 Å². The van der Waals surface area contributed by atoms with E-state index in [0.717, 1.165) is 25.7 Å². The van der Waals surface area contributed by atoms with Crippen LogP contribution in [0.1, 0.15) is 47.7 Å². The first-order valence-corrected chi connectivity index (χ1v) is 8.94. The summed E-state index contributed by atoms with van der Waals surface area (Å²) in [5.41, 5.74) is 1.29. The van der Waals surface area contributed by atoms with E-state index in [-0.39, 0.29) is 5.69 Å². The SMILES string of the molecule is O=C(O)c1[nH]nnc1S[C@H]1CC[C@@H](c2ccc(Cl)c(Cl)c2)CC1. The van der Waals surface area contributed by atoms with E-state index in [9.17, 15) is 4.79 Å². The van der Waals surface area contributed by atoms with Crippen molar-refractivity contribution in [3.8, 4) is 0 Å². The van der Waals surface area contributed by atoms with Gasteiger partial charge in [0.1, 0.15) is 0 Å². The number of aromatic amines is 1. The number of H-pyrrole nitrogens is 1. The molecule has 0 radical (unpaired) electrons. The fourth-order valence-corrected chi connectivity index (χ4v) is 4.35. The van der Waals surface area contributed by atoms with Crippen molar-refractivity contribution in [3.63, 3.8) is 0 Å². The van der Waals surface area contributed by atoms with Crippen molar-refractivity contribution in [3.05, 3.63) is 39.5 Å². The van der Waals surface area contributed by atoms with Crippen LogP contribution in [-0.2, 0) is 0 Å². The van der Waals surface area contributed by atoms with E-state index < -0.39 is 5.97 Å². The summed E-state index contributed by atoms with van der Waals surface area (Å²) in [5, 5.41) is 21.0. The molecule has 0 aliphatic heterocycles. The molecule has 5 nitrogen and oxygen atoms in total. The van der Waals surface area contributed by atoms with Crippen molar-refractivity contribution >= 4 is 40.9 Å². The fraction of sp³-hybridized carbons (Fsp3) is 0.400. The third-order valence-electron chi connectivity index (χ3n) is 4.10. The Balaban J connectivity index is 1.61.